The highest BCUT2D eigenvalue weighted by Crippen LogP contribution is 2.28. The minimum atomic E-state index is 0.300. The van der Waals surface area contributed by atoms with Gasteiger partial charge in [-0.2, -0.15) is 0 Å². The van der Waals surface area contributed by atoms with Crippen LogP contribution in [0.4, 0.5) is 0 Å². The van der Waals surface area contributed by atoms with Crippen molar-refractivity contribution in [3.8, 4) is 5.69 Å². The van der Waals surface area contributed by atoms with E-state index in [0.29, 0.717) is 10.9 Å². The summed E-state index contributed by atoms with van der Waals surface area (Å²) in [5, 5.41) is 0.654. The highest BCUT2D eigenvalue weighted by Gasteiger charge is 2.14. The Morgan fingerprint density at radius 2 is 2.00 bits per heavy atom. The smallest absolute Gasteiger partial charge is 0.164 e. The first-order valence-corrected chi connectivity index (χ1v) is 8.14. The summed E-state index contributed by atoms with van der Waals surface area (Å²) in [4.78, 5) is 8.94. The predicted octanol–water partition coefficient (Wildman–Crippen LogP) is 5.34. The molecule has 102 valence electrons. The van der Waals surface area contributed by atoms with Crippen molar-refractivity contribution in [2.75, 3.05) is 0 Å². The molecule has 0 aliphatic heterocycles. The highest BCUT2D eigenvalue weighted by molar-refractivity contribution is 9.10. The maximum Gasteiger partial charge on any atom is 0.164 e. The van der Waals surface area contributed by atoms with Gasteiger partial charge in [-0.3, -0.25) is 4.57 Å². The minimum Gasteiger partial charge on any atom is -0.280 e. The molecule has 0 bridgehead atoms. The lowest BCUT2D eigenvalue weighted by Crippen LogP contribution is -2.00. The van der Waals surface area contributed by atoms with Gasteiger partial charge >= 0.3 is 0 Å². The van der Waals surface area contributed by atoms with Crippen LogP contribution in [0, 0.1) is 0 Å². The van der Waals surface area contributed by atoms with Gasteiger partial charge in [-0.25, -0.2) is 9.97 Å². The molecular weight excluding hydrogens is 429 g/mol. The Morgan fingerprint density at radius 3 is 2.70 bits per heavy atom. The van der Waals surface area contributed by atoms with E-state index in [0.717, 1.165) is 31.6 Å². The van der Waals surface area contributed by atoms with Crippen LogP contribution in [0.3, 0.4) is 0 Å². The predicted molar refractivity (Wildman–Crippen MR) is 88.8 cm³/mol. The molecule has 2 aromatic heterocycles. The first kappa shape index (κ1) is 14.3. The monoisotopic (exact) mass is 433 g/mol. The van der Waals surface area contributed by atoms with Crippen molar-refractivity contribution in [3.05, 3.63) is 50.3 Å². The van der Waals surface area contributed by atoms with Gasteiger partial charge in [-0.15, -0.1) is 11.6 Å². The van der Waals surface area contributed by atoms with Crippen LogP contribution in [0.1, 0.15) is 5.82 Å². The average Bonchev–Trinajstić information content (AvgIpc) is 2.79. The zero-order valence-corrected chi connectivity index (χ0v) is 14.6. The molecule has 0 saturated carbocycles. The Balaban J connectivity index is 2.30. The number of imidazole rings is 1. The van der Waals surface area contributed by atoms with E-state index in [9.17, 15) is 0 Å². The molecule has 0 aliphatic carbocycles. The van der Waals surface area contributed by atoms with Crippen molar-refractivity contribution in [3.63, 3.8) is 0 Å². The first-order valence-electron chi connectivity index (χ1n) is 5.64. The fourth-order valence-electron chi connectivity index (χ4n) is 1.97. The molecule has 0 unspecified atom stereocenters. The zero-order valence-electron chi connectivity index (χ0n) is 9.95. The maximum atomic E-state index is 6.04. The average molecular weight is 436 g/mol. The molecule has 0 amide bonds. The lowest BCUT2D eigenvalue weighted by atomic mass is 10.3. The number of alkyl halides is 1. The first-order chi connectivity index (χ1) is 9.60. The van der Waals surface area contributed by atoms with Crippen molar-refractivity contribution in [1.82, 2.24) is 14.5 Å². The third-order valence-electron chi connectivity index (χ3n) is 2.81. The number of hydrogen-bond acceptors (Lipinski definition) is 2. The van der Waals surface area contributed by atoms with Gasteiger partial charge in [0.25, 0.3) is 0 Å². The van der Waals surface area contributed by atoms with Crippen molar-refractivity contribution >= 4 is 66.2 Å². The Morgan fingerprint density at radius 1 is 1.20 bits per heavy atom. The number of halogens is 4. The van der Waals surface area contributed by atoms with Crippen molar-refractivity contribution in [1.29, 1.82) is 0 Å². The maximum absolute atomic E-state index is 6.04. The number of fused-ring (bicyclic) bond motifs is 1. The van der Waals surface area contributed by atoms with Gasteiger partial charge in [-0.1, -0.05) is 11.6 Å². The number of nitrogens with zero attached hydrogens (tertiary/aromatic N) is 3. The molecule has 0 radical (unpaired) electrons. The molecular formula is C13H7Br2Cl2N3. The summed E-state index contributed by atoms with van der Waals surface area (Å²) in [6.45, 7) is 0. The summed E-state index contributed by atoms with van der Waals surface area (Å²) >= 11 is 18.9. The molecule has 3 aromatic rings. The Kier molecular flexibility index (Phi) is 4.04. The number of aromatic nitrogens is 3. The standard InChI is InChI=1S/C13H7Br2Cl2N3/c14-7-3-11-13(18-6-7)20(12(5-16)19-11)8-1-2-10(17)9(15)4-8/h1-4,6H,5H2. The molecule has 3 rings (SSSR count). The van der Waals surface area contributed by atoms with Crippen molar-refractivity contribution in [2.45, 2.75) is 5.88 Å². The largest absolute Gasteiger partial charge is 0.280 e. The van der Waals surface area contributed by atoms with E-state index in [1.165, 1.54) is 0 Å². The number of benzene rings is 1. The topological polar surface area (TPSA) is 30.7 Å². The lowest BCUT2D eigenvalue weighted by Gasteiger charge is -2.08. The van der Waals surface area contributed by atoms with Crippen LogP contribution >= 0.6 is 55.1 Å². The molecule has 0 spiro atoms. The second kappa shape index (κ2) is 5.64. The van der Waals surface area contributed by atoms with Crippen LogP contribution in [0.2, 0.25) is 5.02 Å². The third-order valence-corrected chi connectivity index (χ3v) is 4.70. The molecule has 0 aliphatic rings. The van der Waals surface area contributed by atoms with E-state index in [1.54, 1.807) is 6.20 Å². The second-order valence-electron chi connectivity index (χ2n) is 4.09. The normalized spacial score (nSPS) is 11.2. The molecule has 0 N–H and O–H groups in total. The van der Waals surface area contributed by atoms with Gasteiger partial charge in [0.1, 0.15) is 11.3 Å². The Labute approximate surface area is 142 Å². The van der Waals surface area contributed by atoms with E-state index in [2.05, 4.69) is 41.8 Å². The number of pyridine rings is 1. The van der Waals surface area contributed by atoms with Gasteiger partial charge < -0.3 is 0 Å². The number of hydrogen-bond donors (Lipinski definition) is 0. The molecule has 0 atom stereocenters. The van der Waals surface area contributed by atoms with Crippen molar-refractivity contribution < 1.29 is 0 Å². The quantitative estimate of drug-likeness (QED) is 0.509. The molecule has 1 aromatic carbocycles. The summed E-state index contributed by atoms with van der Waals surface area (Å²) in [5.41, 5.74) is 2.47. The van der Waals surface area contributed by atoms with Crippen LogP contribution < -0.4 is 0 Å². The zero-order chi connectivity index (χ0) is 14.3. The van der Waals surface area contributed by atoms with Crippen LogP contribution in [-0.4, -0.2) is 14.5 Å². The van der Waals surface area contributed by atoms with Crippen LogP contribution in [0.15, 0.2) is 39.4 Å². The summed E-state index contributed by atoms with van der Waals surface area (Å²) in [6.07, 6.45) is 1.74. The molecule has 0 saturated heterocycles. The second-order valence-corrected chi connectivity index (χ2v) is 6.54. The van der Waals surface area contributed by atoms with E-state index >= 15 is 0 Å². The van der Waals surface area contributed by atoms with E-state index in [-0.39, 0.29) is 0 Å². The summed E-state index contributed by atoms with van der Waals surface area (Å²) in [7, 11) is 0. The van der Waals surface area contributed by atoms with Crippen LogP contribution in [0.5, 0.6) is 0 Å². The highest BCUT2D eigenvalue weighted by atomic mass is 79.9. The molecule has 0 fully saturated rings. The lowest BCUT2D eigenvalue weighted by molar-refractivity contribution is 0.969. The van der Waals surface area contributed by atoms with Crippen molar-refractivity contribution in [2.24, 2.45) is 0 Å². The molecule has 20 heavy (non-hydrogen) atoms. The van der Waals surface area contributed by atoms with Gasteiger partial charge in [0.15, 0.2) is 5.65 Å². The third kappa shape index (κ3) is 2.48. The summed E-state index contributed by atoms with van der Waals surface area (Å²) in [6, 6.07) is 7.57. The summed E-state index contributed by atoms with van der Waals surface area (Å²) in [5.74, 6) is 1.04. The van der Waals surface area contributed by atoms with E-state index < -0.39 is 0 Å². The Bertz CT molecular complexity index is 802. The SMILES string of the molecule is ClCc1nc2cc(Br)cnc2n1-c1ccc(Cl)c(Br)c1. The van der Waals surface area contributed by atoms with E-state index in [1.807, 2.05) is 28.8 Å². The van der Waals surface area contributed by atoms with E-state index in [4.69, 9.17) is 23.2 Å². The van der Waals surface area contributed by atoms with Crippen LogP contribution in [0.25, 0.3) is 16.9 Å². The fraction of sp³-hybridized carbons (Fsp3) is 0.0769. The van der Waals surface area contributed by atoms with Gasteiger partial charge in [-0.05, 0) is 56.1 Å². The molecule has 2 heterocycles. The molecule has 7 heteroatoms. The molecule has 3 nitrogen and oxygen atoms in total. The van der Waals surface area contributed by atoms with Gasteiger partial charge in [0.2, 0.25) is 0 Å². The minimum absolute atomic E-state index is 0.300. The number of rotatable bonds is 2. The summed E-state index contributed by atoms with van der Waals surface area (Å²) < 4.78 is 3.62. The van der Waals surface area contributed by atoms with Gasteiger partial charge in [0.05, 0.1) is 16.6 Å². The van der Waals surface area contributed by atoms with Crippen LogP contribution in [-0.2, 0) is 5.88 Å². The fourth-order valence-corrected chi connectivity index (χ4v) is 2.96. The Hall–Kier alpha value is -0.620. The van der Waals surface area contributed by atoms with Gasteiger partial charge in [0, 0.05) is 15.1 Å².